The van der Waals surface area contributed by atoms with E-state index in [0.717, 1.165) is 25.0 Å². The Kier molecular flexibility index (Phi) is 2.33. The molecule has 0 saturated heterocycles. The van der Waals surface area contributed by atoms with Gasteiger partial charge in [-0.15, -0.1) is 11.3 Å². The Morgan fingerprint density at radius 1 is 1.71 bits per heavy atom. The van der Waals surface area contributed by atoms with Crippen LogP contribution in [0.4, 0.5) is 5.13 Å². The van der Waals surface area contributed by atoms with Crippen molar-refractivity contribution in [1.82, 2.24) is 10.3 Å². The number of aryl methyl sites for hydroxylation is 1. The molecular formula is C9H13N3OS. The maximum absolute atomic E-state index is 9.02. The van der Waals surface area contributed by atoms with Crippen molar-refractivity contribution in [3.63, 3.8) is 0 Å². The van der Waals surface area contributed by atoms with Crippen LogP contribution in [0.3, 0.4) is 0 Å². The van der Waals surface area contributed by atoms with E-state index in [-0.39, 0.29) is 11.9 Å². The highest BCUT2D eigenvalue weighted by Crippen LogP contribution is 2.28. The summed E-state index contributed by atoms with van der Waals surface area (Å²) in [5.41, 5.74) is 6.74. The molecule has 1 atom stereocenters. The average molecular weight is 211 g/mol. The number of nitrogens with zero attached hydrogens (tertiary/aromatic N) is 1. The van der Waals surface area contributed by atoms with Crippen molar-refractivity contribution in [2.24, 2.45) is 0 Å². The molecule has 1 unspecified atom stereocenters. The molecule has 0 amide bonds. The zero-order valence-electron chi connectivity index (χ0n) is 7.79. The molecule has 0 bridgehead atoms. The smallest absolute Gasteiger partial charge is 0.180 e. The molecule has 0 spiro atoms. The number of anilines is 1. The molecule has 2 rings (SSSR count). The highest BCUT2D eigenvalue weighted by atomic mass is 32.1. The summed E-state index contributed by atoms with van der Waals surface area (Å²) in [6.45, 7) is 3.42. The Morgan fingerprint density at radius 3 is 3.21 bits per heavy atom. The lowest BCUT2D eigenvalue weighted by molar-refractivity contribution is 0.331. The van der Waals surface area contributed by atoms with Crippen LogP contribution in [0.1, 0.15) is 17.0 Å². The normalized spacial score (nSPS) is 20.1. The third kappa shape index (κ3) is 1.82. The number of rotatable bonds is 2. The second-order valence-electron chi connectivity index (χ2n) is 3.45. The van der Waals surface area contributed by atoms with Crippen molar-refractivity contribution in [3.8, 4) is 0 Å². The molecular weight excluding hydrogens is 198 g/mol. The van der Waals surface area contributed by atoms with Crippen LogP contribution in [-0.2, 0) is 12.8 Å². The number of hydrogen-bond donors (Lipinski definition) is 3. The number of hydrogen-bond acceptors (Lipinski definition) is 5. The van der Waals surface area contributed by atoms with Crippen LogP contribution in [0, 0.1) is 0 Å². The number of nitrogens with one attached hydrogen (secondary N) is 1. The summed E-state index contributed by atoms with van der Waals surface area (Å²) < 4.78 is 0. The molecule has 0 radical (unpaired) electrons. The topological polar surface area (TPSA) is 71.2 Å². The second kappa shape index (κ2) is 3.49. The highest BCUT2D eigenvalue weighted by Gasteiger charge is 2.21. The molecule has 1 aromatic heterocycles. The number of nitrogens with two attached hydrogens (primary N) is 1. The van der Waals surface area contributed by atoms with E-state index in [1.165, 1.54) is 16.2 Å². The Labute approximate surface area is 86.5 Å². The predicted octanol–water partition coefficient (Wildman–Crippen LogP) is 1.20. The van der Waals surface area contributed by atoms with E-state index in [2.05, 4.69) is 16.9 Å². The maximum Gasteiger partial charge on any atom is 0.180 e. The Bertz CT molecular complexity index is 361. The standard InChI is InChI=1S/C9H13N3OS/c1-5(13)11-6-2-3-7-8(4-6)14-9(10)12-7/h6,11,13H,1-4H2,(H2,10,12). The SMILES string of the molecule is C=C(O)NC1CCc2nc(N)sc2C1. The van der Waals surface area contributed by atoms with Gasteiger partial charge in [0.2, 0.25) is 0 Å². The molecule has 1 aromatic rings. The minimum absolute atomic E-state index is 0.0379. The molecule has 0 aromatic carbocycles. The maximum atomic E-state index is 9.02. The van der Waals surface area contributed by atoms with Crippen molar-refractivity contribution >= 4 is 16.5 Å². The molecule has 1 aliphatic carbocycles. The van der Waals surface area contributed by atoms with E-state index in [0.29, 0.717) is 5.13 Å². The molecule has 5 heteroatoms. The van der Waals surface area contributed by atoms with Gasteiger partial charge in [-0.05, 0) is 19.4 Å². The van der Waals surface area contributed by atoms with Gasteiger partial charge in [-0.1, -0.05) is 0 Å². The first kappa shape index (κ1) is 9.33. The lowest BCUT2D eigenvalue weighted by Crippen LogP contribution is -2.33. The van der Waals surface area contributed by atoms with E-state index < -0.39 is 0 Å². The van der Waals surface area contributed by atoms with Crippen LogP contribution in [0.15, 0.2) is 12.5 Å². The van der Waals surface area contributed by atoms with Crippen LogP contribution in [0.25, 0.3) is 0 Å². The summed E-state index contributed by atoms with van der Waals surface area (Å²) in [6.07, 6.45) is 2.77. The fourth-order valence-corrected chi connectivity index (χ4v) is 2.71. The van der Waals surface area contributed by atoms with Gasteiger partial charge >= 0.3 is 0 Å². The van der Waals surface area contributed by atoms with Gasteiger partial charge in [0.15, 0.2) is 11.0 Å². The molecule has 4 N–H and O–H groups in total. The van der Waals surface area contributed by atoms with Gasteiger partial charge in [0, 0.05) is 17.3 Å². The molecule has 1 aliphatic rings. The fourth-order valence-electron chi connectivity index (χ4n) is 1.75. The van der Waals surface area contributed by atoms with Crippen LogP contribution < -0.4 is 11.1 Å². The summed E-state index contributed by atoms with van der Waals surface area (Å²) in [6, 6.07) is 0.264. The van der Waals surface area contributed by atoms with E-state index >= 15 is 0 Å². The number of aliphatic hydroxyl groups excluding tert-OH is 1. The summed E-state index contributed by atoms with van der Waals surface area (Å²) >= 11 is 1.54. The van der Waals surface area contributed by atoms with Crippen LogP contribution in [0.2, 0.25) is 0 Å². The third-order valence-electron chi connectivity index (χ3n) is 2.33. The summed E-state index contributed by atoms with van der Waals surface area (Å²) in [7, 11) is 0. The monoisotopic (exact) mass is 211 g/mol. The highest BCUT2D eigenvalue weighted by molar-refractivity contribution is 7.15. The van der Waals surface area contributed by atoms with Crippen LogP contribution in [-0.4, -0.2) is 16.1 Å². The van der Waals surface area contributed by atoms with Crippen LogP contribution >= 0.6 is 11.3 Å². The molecule has 0 fully saturated rings. The molecule has 76 valence electrons. The van der Waals surface area contributed by atoms with Crippen molar-refractivity contribution in [3.05, 3.63) is 23.0 Å². The van der Waals surface area contributed by atoms with Gasteiger partial charge in [-0.3, -0.25) is 0 Å². The predicted molar refractivity (Wildman–Crippen MR) is 57.2 cm³/mol. The minimum Gasteiger partial charge on any atom is -0.495 e. The third-order valence-corrected chi connectivity index (χ3v) is 3.28. The zero-order valence-corrected chi connectivity index (χ0v) is 8.60. The summed E-state index contributed by atoms with van der Waals surface area (Å²) in [5, 5.41) is 12.6. The molecule has 0 saturated carbocycles. The van der Waals surface area contributed by atoms with Crippen molar-refractivity contribution in [2.75, 3.05) is 5.73 Å². The van der Waals surface area contributed by atoms with Crippen molar-refractivity contribution in [2.45, 2.75) is 25.3 Å². The molecule has 14 heavy (non-hydrogen) atoms. The number of nitrogen functional groups attached to an aromatic ring is 1. The van der Waals surface area contributed by atoms with Gasteiger partial charge in [-0.25, -0.2) is 4.98 Å². The van der Waals surface area contributed by atoms with E-state index in [1.54, 1.807) is 0 Å². The summed E-state index contributed by atoms with van der Waals surface area (Å²) in [5.74, 6) is 0.0379. The van der Waals surface area contributed by atoms with Crippen molar-refractivity contribution < 1.29 is 5.11 Å². The van der Waals surface area contributed by atoms with Crippen LogP contribution in [0.5, 0.6) is 0 Å². The first-order chi connectivity index (χ1) is 6.65. The summed E-state index contributed by atoms with van der Waals surface area (Å²) in [4.78, 5) is 5.48. The minimum atomic E-state index is 0.0379. The Morgan fingerprint density at radius 2 is 2.50 bits per heavy atom. The van der Waals surface area contributed by atoms with Gasteiger partial charge in [-0.2, -0.15) is 0 Å². The first-order valence-electron chi connectivity index (χ1n) is 4.53. The van der Waals surface area contributed by atoms with E-state index in [4.69, 9.17) is 10.8 Å². The Hall–Kier alpha value is -1.23. The number of aromatic nitrogens is 1. The second-order valence-corrected chi connectivity index (χ2v) is 4.57. The Balaban J connectivity index is 2.09. The quantitative estimate of drug-likeness (QED) is 0.643. The van der Waals surface area contributed by atoms with E-state index in [1.807, 2.05) is 0 Å². The van der Waals surface area contributed by atoms with Crippen molar-refractivity contribution in [1.29, 1.82) is 0 Å². The number of fused-ring (bicyclic) bond motifs is 1. The lowest BCUT2D eigenvalue weighted by atomic mass is 9.98. The fraction of sp³-hybridized carbons (Fsp3) is 0.444. The first-order valence-corrected chi connectivity index (χ1v) is 5.35. The zero-order chi connectivity index (χ0) is 10.1. The lowest BCUT2D eigenvalue weighted by Gasteiger charge is -2.22. The average Bonchev–Trinajstić information content (AvgIpc) is 2.42. The van der Waals surface area contributed by atoms with Gasteiger partial charge in [0.1, 0.15) is 0 Å². The molecule has 1 heterocycles. The molecule has 4 nitrogen and oxygen atoms in total. The largest absolute Gasteiger partial charge is 0.495 e. The van der Waals surface area contributed by atoms with Gasteiger partial charge in [0.25, 0.3) is 0 Å². The number of aliphatic hydroxyl groups is 1. The van der Waals surface area contributed by atoms with Gasteiger partial charge in [0.05, 0.1) is 5.69 Å². The van der Waals surface area contributed by atoms with E-state index in [9.17, 15) is 0 Å². The van der Waals surface area contributed by atoms with Gasteiger partial charge < -0.3 is 16.2 Å². The molecule has 0 aliphatic heterocycles. The number of thiazole rings is 1.